The zero-order chi connectivity index (χ0) is 19.8. The van der Waals surface area contributed by atoms with Crippen LogP contribution in [0.2, 0.25) is 0 Å². The summed E-state index contributed by atoms with van der Waals surface area (Å²) in [4.78, 5) is 7.21. The molecule has 2 saturated heterocycles. The highest BCUT2D eigenvalue weighted by molar-refractivity contribution is 5.80. The number of rotatable bonds is 7. The lowest BCUT2D eigenvalue weighted by Gasteiger charge is -2.37. The monoisotopic (exact) mass is 389 g/mol. The molecule has 0 amide bonds. The average molecular weight is 390 g/mol. The second-order valence-corrected chi connectivity index (χ2v) is 7.76. The number of morpholine rings is 1. The van der Waals surface area contributed by atoms with Crippen molar-refractivity contribution in [3.05, 3.63) is 35.4 Å². The van der Waals surface area contributed by atoms with Crippen molar-refractivity contribution in [3.63, 3.8) is 0 Å². The van der Waals surface area contributed by atoms with Crippen molar-refractivity contribution in [1.82, 2.24) is 10.2 Å². The molecule has 0 aliphatic carbocycles. The van der Waals surface area contributed by atoms with E-state index in [4.69, 9.17) is 19.2 Å². The molecule has 2 fully saturated rings. The Kier molecular flexibility index (Phi) is 8.13. The first-order valence-corrected chi connectivity index (χ1v) is 10.6. The zero-order valence-corrected chi connectivity index (χ0v) is 17.5. The summed E-state index contributed by atoms with van der Waals surface area (Å²) in [5.41, 5.74) is 2.39. The van der Waals surface area contributed by atoms with Crippen molar-refractivity contribution < 1.29 is 14.2 Å². The Morgan fingerprint density at radius 2 is 2.07 bits per heavy atom. The molecule has 0 radical (unpaired) electrons. The number of nitrogens with one attached hydrogen (secondary N) is 1. The molecular formula is C22H35N3O3. The number of guanidine groups is 1. The van der Waals surface area contributed by atoms with Crippen LogP contribution in [0.1, 0.15) is 44.7 Å². The number of hydrogen-bond donors (Lipinski definition) is 1. The van der Waals surface area contributed by atoms with Gasteiger partial charge in [0.2, 0.25) is 0 Å². The number of hydrogen-bond acceptors (Lipinski definition) is 4. The molecule has 0 saturated carbocycles. The van der Waals surface area contributed by atoms with Crippen molar-refractivity contribution >= 4 is 5.96 Å². The van der Waals surface area contributed by atoms with E-state index in [1.165, 1.54) is 11.1 Å². The molecule has 2 aliphatic rings. The standard InChI is InChI=1S/C22H35N3O3/c1-4-23-22(25-10-12-27-21(15-25)20-9-6-11-26-20)24-14-18-7-5-8-19(13-18)16-28-17(2)3/h5,7-8,13,17,20-21H,4,6,9-12,14-16H2,1-3H3,(H,23,24). The molecule has 156 valence electrons. The quantitative estimate of drug-likeness (QED) is 0.574. The minimum atomic E-state index is 0.136. The summed E-state index contributed by atoms with van der Waals surface area (Å²) in [6.45, 7) is 11.6. The van der Waals surface area contributed by atoms with E-state index in [0.717, 1.165) is 51.6 Å². The lowest BCUT2D eigenvalue weighted by molar-refractivity contribution is -0.0817. The maximum atomic E-state index is 5.98. The van der Waals surface area contributed by atoms with Crippen LogP contribution >= 0.6 is 0 Å². The molecule has 1 N–H and O–H groups in total. The molecule has 3 rings (SSSR count). The Labute approximate surface area is 169 Å². The van der Waals surface area contributed by atoms with Crippen LogP contribution < -0.4 is 5.32 Å². The van der Waals surface area contributed by atoms with Gasteiger partial charge in [0.1, 0.15) is 6.10 Å². The van der Waals surface area contributed by atoms with E-state index < -0.39 is 0 Å². The van der Waals surface area contributed by atoms with E-state index in [1.54, 1.807) is 0 Å². The first kappa shape index (κ1) is 21.1. The Morgan fingerprint density at radius 1 is 1.25 bits per heavy atom. The summed E-state index contributed by atoms with van der Waals surface area (Å²) in [5, 5.41) is 3.44. The Hall–Kier alpha value is -1.63. The van der Waals surface area contributed by atoms with Gasteiger partial charge in [-0.1, -0.05) is 24.3 Å². The largest absolute Gasteiger partial charge is 0.375 e. The fourth-order valence-corrected chi connectivity index (χ4v) is 3.66. The van der Waals surface area contributed by atoms with Gasteiger partial charge in [-0.2, -0.15) is 0 Å². The molecule has 2 unspecified atom stereocenters. The number of aliphatic imine (C=N–C) groups is 1. The van der Waals surface area contributed by atoms with Gasteiger partial charge in [-0.3, -0.25) is 0 Å². The lowest BCUT2D eigenvalue weighted by Crippen LogP contribution is -2.53. The van der Waals surface area contributed by atoms with Crippen molar-refractivity contribution in [2.45, 2.75) is 65.1 Å². The minimum absolute atomic E-state index is 0.136. The van der Waals surface area contributed by atoms with Crippen LogP contribution in [0.4, 0.5) is 0 Å². The molecular weight excluding hydrogens is 354 g/mol. The first-order chi connectivity index (χ1) is 13.7. The van der Waals surface area contributed by atoms with Gasteiger partial charge in [0.25, 0.3) is 0 Å². The number of nitrogens with zero attached hydrogens (tertiary/aromatic N) is 2. The Bertz CT molecular complexity index is 629. The third-order valence-corrected chi connectivity index (χ3v) is 5.09. The summed E-state index contributed by atoms with van der Waals surface area (Å²) >= 11 is 0. The topological polar surface area (TPSA) is 55.3 Å². The van der Waals surface area contributed by atoms with Crippen LogP contribution in [0.5, 0.6) is 0 Å². The van der Waals surface area contributed by atoms with Crippen molar-refractivity contribution in [1.29, 1.82) is 0 Å². The van der Waals surface area contributed by atoms with E-state index in [-0.39, 0.29) is 18.3 Å². The third-order valence-electron chi connectivity index (χ3n) is 5.09. The molecule has 28 heavy (non-hydrogen) atoms. The molecule has 2 aliphatic heterocycles. The summed E-state index contributed by atoms with van der Waals surface area (Å²) < 4.78 is 17.5. The van der Waals surface area contributed by atoms with Gasteiger partial charge in [0.15, 0.2) is 5.96 Å². The summed E-state index contributed by atoms with van der Waals surface area (Å²) in [5.74, 6) is 0.956. The molecule has 0 aromatic heterocycles. The fraction of sp³-hybridized carbons (Fsp3) is 0.682. The Morgan fingerprint density at radius 3 is 2.82 bits per heavy atom. The molecule has 2 heterocycles. The van der Waals surface area contributed by atoms with Gasteiger partial charge in [0, 0.05) is 26.2 Å². The van der Waals surface area contributed by atoms with Crippen molar-refractivity contribution in [3.8, 4) is 0 Å². The highest BCUT2D eigenvalue weighted by atomic mass is 16.5. The SMILES string of the molecule is CCNC(=NCc1cccc(COC(C)C)c1)N1CCOC(C2CCCO2)C1. The summed E-state index contributed by atoms with van der Waals surface area (Å²) in [7, 11) is 0. The summed E-state index contributed by atoms with van der Waals surface area (Å²) in [6.07, 6.45) is 2.83. The predicted octanol–water partition coefficient (Wildman–Crippen LogP) is 2.96. The summed E-state index contributed by atoms with van der Waals surface area (Å²) in [6, 6.07) is 8.50. The molecule has 6 nitrogen and oxygen atoms in total. The smallest absolute Gasteiger partial charge is 0.194 e. The highest BCUT2D eigenvalue weighted by Crippen LogP contribution is 2.21. The third kappa shape index (κ3) is 6.19. The van der Waals surface area contributed by atoms with Crippen LogP contribution in [0, 0.1) is 0 Å². The van der Waals surface area contributed by atoms with Gasteiger partial charge in [0.05, 0.1) is 32.0 Å². The second-order valence-electron chi connectivity index (χ2n) is 7.76. The molecule has 1 aromatic rings. The Balaban J connectivity index is 1.62. The van der Waals surface area contributed by atoms with Crippen LogP contribution in [0.15, 0.2) is 29.3 Å². The molecule has 0 spiro atoms. The molecule has 6 heteroatoms. The van der Waals surface area contributed by atoms with Crippen LogP contribution in [0.25, 0.3) is 0 Å². The van der Waals surface area contributed by atoms with E-state index in [1.807, 2.05) is 0 Å². The first-order valence-electron chi connectivity index (χ1n) is 10.6. The van der Waals surface area contributed by atoms with Crippen molar-refractivity contribution in [2.75, 3.05) is 32.8 Å². The van der Waals surface area contributed by atoms with Crippen LogP contribution in [0.3, 0.4) is 0 Å². The number of benzene rings is 1. The second kappa shape index (κ2) is 10.8. The maximum Gasteiger partial charge on any atom is 0.194 e. The van der Waals surface area contributed by atoms with Gasteiger partial charge < -0.3 is 24.4 Å². The molecule has 1 aromatic carbocycles. The average Bonchev–Trinajstić information content (AvgIpc) is 3.25. The van der Waals surface area contributed by atoms with E-state index in [9.17, 15) is 0 Å². The van der Waals surface area contributed by atoms with Gasteiger partial charge in [-0.05, 0) is 44.7 Å². The van der Waals surface area contributed by atoms with Gasteiger partial charge in [-0.25, -0.2) is 4.99 Å². The highest BCUT2D eigenvalue weighted by Gasteiger charge is 2.32. The van der Waals surface area contributed by atoms with Crippen molar-refractivity contribution in [2.24, 2.45) is 4.99 Å². The lowest BCUT2D eigenvalue weighted by atomic mass is 10.1. The van der Waals surface area contributed by atoms with Crippen LogP contribution in [-0.4, -0.2) is 62.0 Å². The minimum Gasteiger partial charge on any atom is -0.375 e. The maximum absolute atomic E-state index is 5.98. The zero-order valence-electron chi connectivity index (χ0n) is 17.5. The van der Waals surface area contributed by atoms with E-state index in [2.05, 4.69) is 55.3 Å². The van der Waals surface area contributed by atoms with E-state index in [0.29, 0.717) is 13.2 Å². The molecule has 2 atom stereocenters. The van der Waals surface area contributed by atoms with Crippen LogP contribution in [-0.2, 0) is 27.4 Å². The van der Waals surface area contributed by atoms with Gasteiger partial charge >= 0.3 is 0 Å². The predicted molar refractivity (Wildman–Crippen MR) is 111 cm³/mol. The fourth-order valence-electron chi connectivity index (χ4n) is 3.66. The molecule has 0 bridgehead atoms. The normalized spacial score (nSPS) is 23.4. The van der Waals surface area contributed by atoms with E-state index >= 15 is 0 Å². The number of ether oxygens (including phenoxy) is 3. The van der Waals surface area contributed by atoms with Gasteiger partial charge in [-0.15, -0.1) is 0 Å².